The Hall–Kier alpha value is -2.69. The van der Waals surface area contributed by atoms with E-state index in [4.69, 9.17) is 5.10 Å². The first kappa shape index (κ1) is 14.9. The predicted octanol–water partition coefficient (Wildman–Crippen LogP) is 4.38. The van der Waals surface area contributed by atoms with E-state index in [1.54, 1.807) is 24.3 Å². The Morgan fingerprint density at radius 2 is 1.71 bits per heavy atom. The van der Waals surface area contributed by atoms with Crippen molar-refractivity contribution in [3.05, 3.63) is 70.3 Å². The summed E-state index contributed by atoms with van der Waals surface area (Å²) in [6.45, 7) is 0. The molecule has 0 radical (unpaired) electrons. The molecule has 5 heteroatoms. The second kappa shape index (κ2) is 6.07. The maximum atomic E-state index is 10.9. The fraction of sp³-hybridized carbons (Fsp3) is 0.316. The van der Waals surface area contributed by atoms with Crippen LogP contribution in [0.5, 0.6) is 0 Å². The van der Waals surface area contributed by atoms with Gasteiger partial charge in [-0.2, -0.15) is 5.10 Å². The lowest BCUT2D eigenvalue weighted by atomic mass is 9.80. The molecule has 24 heavy (non-hydrogen) atoms. The maximum Gasteiger partial charge on any atom is 0.269 e. The zero-order chi connectivity index (χ0) is 16.5. The number of anilines is 1. The van der Waals surface area contributed by atoms with Gasteiger partial charge < -0.3 is 0 Å². The van der Waals surface area contributed by atoms with E-state index in [2.05, 4.69) is 17.1 Å². The van der Waals surface area contributed by atoms with Crippen LogP contribution in [-0.2, 0) is 0 Å². The third-order valence-corrected chi connectivity index (χ3v) is 5.00. The van der Waals surface area contributed by atoms with E-state index < -0.39 is 0 Å². The Labute approximate surface area is 140 Å². The molecule has 0 saturated heterocycles. The van der Waals surface area contributed by atoms with Gasteiger partial charge >= 0.3 is 0 Å². The quantitative estimate of drug-likeness (QED) is 0.622. The van der Waals surface area contributed by atoms with E-state index in [0.29, 0.717) is 12.0 Å². The number of nitro benzene ring substituents is 1. The van der Waals surface area contributed by atoms with Crippen molar-refractivity contribution in [2.45, 2.75) is 31.7 Å². The first-order valence-electron chi connectivity index (χ1n) is 8.41. The smallest absolute Gasteiger partial charge is 0.262 e. The first-order valence-corrected chi connectivity index (χ1v) is 8.41. The standard InChI is InChI=1S/C19H19N3O2/c23-22(24)16-12-10-15(11-13-16)21-18-9-5-4-8-17(18)19(20-21)14-6-2-1-3-7-14/h1-3,6-7,10-13,17-18H,4-5,8-9H2/t17-,18+/m0/s1. The minimum absolute atomic E-state index is 0.116. The summed E-state index contributed by atoms with van der Waals surface area (Å²) in [7, 11) is 0. The molecule has 1 saturated carbocycles. The van der Waals surface area contributed by atoms with Crippen molar-refractivity contribution >= 4 is 17.1 Å². The molecule has 1 aliphatic heterocycles. The van der Waals surface area contributed by atoms with Crippen molar-refractivity contribution in [3.63, 3.8) is 0 Å². The molecular weight excluding hydrogens is 302 g/mol. The van der Waals surface area contributed by atoms with Gasteiger partial charge in [0.15, 0.2) is 0 Å². The third kappa shape index (κ3) is 2.56. The molecule has 122 valence electrons. The molecular formula is C19H19N3O2. The molecule has 0 amide bonds. The average molecular weight is 321 g/mol. The minimum Gasteiger partial charge on any atom is -0.262 e. The van der Waals surface area contributed by atoms with Crippen LogP contribution < -0.4 is 5.01 Å². The van der Waals surface area contributed by atoms with Crippen LogP contribution >= 0.6 is 0 Å². The van der Waals surface area contributed by atoms with Gasteiger partial charge in [-0.15, -0.1) is 0 Å². The van der Waals surface area contributed by atoms with Crippen LogP contribution in [0.2, 0.25) is 0 Å². The van der Waals surface area contributed by atoms with Crippen molar-refractivity contribution in [2.24, 2.45) is 11.0 Å². The third-order valence-electron chi connectivity index (χ3n) is 5.00. The number of hydrogen-bond acceptors (Lipinski definition) is 4. The number of hydrogen-bond donors (Lipinski definition) is 0. The number of nitro groups is 1. The van der Waals surface area contributed by atoms with Gasteiger partial charge in [0.25, 0.3) is 5.69 Å². The summed E-state index contributed by atoms with van der Waals surface area (Å²) in [6, 6.07) is 17.4. The number of nitrogens with zero attached hydrogens (tertiary/aromatic N) is 3. The predicted molar refractivity (Wildman–Crippen MR) is 94.3 cm³/mol. The molecule has 1 aliphatic carbocycles. The first-order chi connectivity index (χ1) is 11.7. The van der Waals surface area contributed by atoms with E-state index in [0.717, 1.165) is 24.2 Å². The summed E-state index contributed by atoms with van der Waals surface area (Å²) in [6.07, 6.45) is 4.72. The van der Waals surface area contributed by atoms with Crippen LogP contribution in [0.3, 0.4) is 0 Å². The summed E-state index contributed by atoms with van der Waals surface area (Å²) in [5, 5.41) is 17.9. The molecule has 5 nitrogen and oxygen atoms in total. The Morgan fingerprint density at radius 1 is 1.00 bits per heavy atom. The van der Waals surface area contributed by atoms with E-state index in [1.807, 2.05) is 18.2 Å². The van der Waals surface area contributed by atoms with E-state index in [-0.39, 0.29) is 10.6 Å². The fourth-order valence-corrected chi connectivity index (χ4v) is 3.84. The van der Waals surface area contributed by atoms with Crippen molar-refractivity contribution in [1.82, 2.24) is 0 Å². The summed E-state index contributed by atoms with van der Waals surface area (Å²) in [4.78, 5) is 10.5. The number of hydrazone groups is 1. The molecule has 0 bridgehead atoms. The fourth-order valence-electron chi connectivity index (χ4n) is 3.84. The van der Waals surface area contributed by atoms with Crippen LogP contribution in [0.4, 0.5) is 11.4 Å². The molecule has 2 aromatic carbocycles. The summed E-state index contributed by atoms with van der Waals surface area (Å²) < 4.78 is 0. The van der Waals surface area contributed by atoms with Crippen LogP contribution in [0, 0.1) is 16.0 Å². The molecule has 0 spiro atoms. The lowest BCUT2D eigenvalue weighted by Gasteiger charge is -2.31. The van der Waals surface area contributed by atoms with Gasteiger partial charge in [0.2, 0.25) is 0 Å². The molecule has 4 rings (SSSR count). The Balaban J connectivity index is 1.71. The van der Waals surface area contributed by atoms with Crippen molar-refractivity contribution in [3.8, 4) is 0 Å². The van der Waals surface area contributed by atoms with Crippen LogP contribution in [-0.4, -0.2) is 16.7 Å². The monoisotopic (exact) mass is 321 g/mol. The molecule has 2 aromatic rings. The lowest BCUT2D eigenvalue weighted by molar-refractivity contribution is -0.384. The Morgan fingerprint density at radius 3 is 2.42 bits per heavy atom. The highest BCUT2D eigenvalue weighted by Crippen LogP contribution is 2.39. The molecule has 0 N–H and O–H groups in total. The van der Waals surface area contributed by atoms with Crippen LogP contribution in [0.25, 0.3) is 0 Å². The number of fused-ring (bicyclic) bond motifs is 1. The molecule has 1 fully saturated rings. The van der Waals surface area contributed by atoms with Gasteiger partial charge in [0, 0.05) is 18.1 Å². The summed E-state index contributed by atoms with van der Waals surface area (Å²) >= 11 is 0. The van der Waals surface area contributed by atoms with Crippen molar-refractivity contribution in [2.75, 3.05) is 5.01 Å². The maximum absolute atomic E-state index is 10.9. The number of non-ortho nitro benzene ring substituents is 1. The highest BCUT2D eigenvalue weighted by molar-refractivity contribution is 6.05. The van der Waals surface area contributed by atoms with Crippen molar-refractivity contribution in [1.29, 1.82) is 0 Å². The second-order valence-electron chi connectivity index (χ2n) is 6.43. The van der Waals surface area contributed by atoms with Gasteiger partial charge in [-0.3, -0.25) is 15.1 Å². The van der Waals surface area contributed by atoms with Gasteiger partial charge in [0.05, 0.1) is 22.4 Å². The molecule has 1 heterocycles. The highest BCUT2D eigenvalue weighted by Gasteiger charge is 2.39. The normalized spacial score (nSPS) is 22.8. The molecule has 2 aliphatic rings. The summed E-state index contributed by atoms with van der Waals surface area (Å²) in [5.41, 5.74) is 3.38. The second-order valence-corrected chi connectivity index (χ2v) is 6.43. The lowest BCUT2D eigenvalue weighted by Crippen LogP contribution is -2.36. The number of benzene rings is 2. The zero-order valence-corrected chi connectivity index (χ0v) is 13.3. The van der Waals surface area contributed by atoms with Gasteiger partial charge in [-0.05, 0) is 30.5 Å². The Kier molecular flexibility index (Phi) is 3.76. The zero-order valence-electron chi connectivity index (χ0n) is 13.3. The number of rotatable bonds is 3. The summed E-state index contributed by atoms with van der Waals surface area (Å²) in [5.74, 6) is 0.441. The van der Waals surface area contributed by atoms with E-state index in [1.165, 1.54) is 18.4 Å². The minimum atomic E-state index is -0.365. The van der Waals surface area contributed by atoms with Crippen LogP contribution in [0.15, 0.2) is 59.7 Å². The van der Waals surface area contributed by atoms with Crippen molar-refractivity contribution < 1.29 is 4.92 Å². The van der Waals surface area contributed by atoms with Gasteiger partial charge in [-0.1, -0.05) is 43.2 Å². The van der Waals surface area contributed by atoms with Gasteiger partial charge in [0.1, 0.15) is 0 Å². The van der Waals surface area contributed by atoms with E-state index in [9.17, 15) is 10.1 Å². The molecule has 0 aromatic heterocycles. The molecule has 0 unspecified atom stereocenters. The largest absolute Gasteiger partial charge is 0.269 e. The van der Waals surface area contributed by atoms with E-state index >= 15 is 0 Å². The topological polar surface area (TPSA) is 58.7 Å². The highest BCUT2D eigenvalue weighted by atomic mass is 16.6. The average Bonchev–Trinajstić information content (AvgIpc) is 3.02. The Bertz CT molecular complexity index is 771. The molecule has 2 atom stereocenters. The van der Waals surface area contributed by atoms with Crippen LogP contribution in [0.1, 0.15) is 31.2 Å². The van der Waals surface area contributed by atoms with Gasteiger partial charge in [-0.25, -0.2) is 0 Å². The SMILES string of the molecule is O=[N+]([O-])c1ccc(N2N=C(c3ccccc3)[C@H]3CCCC[C@H]32)cc1.